The summed E-state index contributed by atoms with van der Waals surface area (Å²) >= 11 is 1.69. The topological polar surface area (TPSA) is 46.1 Å². The van der Waals surface area contributed by atoms with Gasteiger partial charge in [-0.1, -0.05) is 0 Å². The quantitative estimate of drug-likeness (QED) is 0.912. The number of carbonyl (C=O) groups is 1. The number of piperidine rings is 1. The number of nitrogens with one attached hydrogen (secondary N) is 2. The second-order valence-electron chi connectivity index (χ2n) is 5.49. The first kappa shape index (κ1) is 14.4. The maximum Gasteiger partial charge on any atom is 0.268 e. The van der Waals surface area contributed by atoms with Crippen molar-refractivity contribution in [3.05, 3.63) is 45.9 Å². The van der Waals surface area contributed by atoms with E-state index in [0.717, 1.165) is 31.6 Å². The molecule has 1 amide bonds. The molecular formula is C16H21N3OS. The highest BCUT2D eigenvalue weighted by Crippen LogP contribution is 2.21. The molecule has 2 N–H and O–H groups in total. The van der Waals surface area contributed by atoms with E-state index in [1.165, 1.54) is 10.4 Å². The summed E-state index contributed by atoms with van der Waals surface area (Å²) in [5, 5.41) is 8.47. The van der Waals surface area contributed by atoms with E-state index in [-0.39, 0.29) is 5.91 Å². The van der Waals surface area contributed by atoms with Gasteiger partial charge in [-0.2, -0.15) is 0 Å². The van der Waals surface area contributed by atoms with Crippen molar-refractivity contribution in [2.45, 2.75) is 32.4 Å². The first-order valence-electron chi connectivity index (χ1n) is 7.44. The summed E-state index contributed by atoms with van der Waals surface area (Å²) in [7, 11) is 0. The standard InChI is InChI=1S/C16H21N3OS/c1-12-6-10-21-15(12)11-18-16(20)14-3-2-9-19(14)13-4-7-17-8-5-13/h2-3,6,9-10,13,17H,4-5,7-8,11H2,1H3,(H,18,20). The molecule has 3 rings (SSSR count). The lowest BCUT2D eigenvalue weighted by Gasteiger charge is -2.25. The van der Waals surface area contributed by atoms with Gasteiger partial charge in [0.15, 0.2) is 0 Å². The highest BCUT2D eigenvalue weighted by Gasteiger charge is 2.19. The van der Waals surface area contributed by atoms with Crippen LogP contribution in [0, 0.1) is 6.92 Å². The predicted molar refractivity (Wildman–Crippen MR) is 85.8 cm³/mol. The van der Waals surface area contributed by atoms with Crippen LogP contribution in [0.5, 0.6) is 0 Å². The maximum absolute atomic E-state index is 12.4. The first-order valence-corrected chi connectivity index (χ1v) is 8.32. The Hall–Kier alpha value is -1.59. The molecule has 1 aliphatic rings. The number of thiophene rings is 1. The number of rotatable bonds is 4. The average Bonchev–Trinajstić information content (AvgIpc) is 3.15. The predicted octanol–water partition coefficient (Wildman–Crippen LogP) is 2.71. The Morgan fingerprint density at radius 1 is 1.43 bits per heavy atom. The van der Waals surface area contributed by atoms with Gasteiger partial charge in [-0.3, -0.25) is 4.79 Å². The van der Waals surface area contributed by atoms with Gasteiger partial charge < -0.3 is 15.2 Å². The van der Waals surface area contributed by atoms with Crippen molar-refractivity contribution in [1.29, 1.82) is 0 Å². The fourth-order valence-electron chi connectivity index (χ4n) is 2.83. The van der Waals surface area contributed by atoms with Crippen molar-refractivity contribution in [1.82, 2.24) is 15.2 Å². The summed E-state index contributed by atoms with van der Waals surface area (Å²) < 4.78 is 2.14. The van der Waals surface area contributed by atoms with E-state index < -0.39 is 0 Å². The molecular weight excluding hydrogens is 282 g/mol. The summed E-state index contributed by atoms with van der Waals surface area (Å²) in [6.45, 7) is 4.74. The molecule has 21 heavy (non-hydrogen) atoms. The molecule has 0 aliphatic carbocycles. The van der Waals surface area contributed by atoms with Gasteiger partial charge in [-0.25, -0.2) is 0 Å². The lowest BCUT2D eigenvalue weighted by Crippen LogP contribution is -2.32. The van der Waals surface area contributed by atoms with Gasteiger partial charge in [0.1, 0.15) is 5.69 Å². The van der Waals surface area contributed by atoms with E-state index >= 15 is 0 Å². The third-order valence-electron chi connectivity index (χ3n) is 4.09. The average molecular weight is 303 g/mol. The van der Waals surface area contributed by atoms with Crippen LogP contribution in [0.3, 0.4) is 0 Å². The van der Waals surface area contributed by atoms with Crippen molar-refractivity contribution in [2.24, 2.45) is 0 Å². The Morgan fingerprint density at radius 2 is 2.24 bits per heavy atom. The second kappa shape index (κ2) is 6.45. The fraction of sp³-hybridized carbons (Fsp3) is 0.438. The zero-order valence-corrected chi connectivity index (χ0v) is 13.1. The van der Waals surface area contributed by atoms with Crippen molar-refractivity contribution in [3.8, 4) is 0 Å². The smallest absolute Gasteiger partial charge is 0.268 e. The number of amides is 1. The molecule has 112 valence electrons. The van der Waals surface area contributed by atoms with Crippen LogP contribution in [0.4, 0.5) is 0 Å². The number of aromatic nitrogens is 1. The monoisotopic (exact) mass is 303 g/mol. The van der Waals surface area contributed by atoms with Crippen LogP contribution in [0.2, 0.25) is 0 Å². The van der Waals surface area contributed by atoms with Gasteiger partial charge in [0.05, 0.1) is 6.54 Å². The van der Waals surface area contributed by atoms with Crippen LogP contribution < -0.4 is 10.6 Å². The van der Waals surface area contributed by atoms with E-state index in [0.29, 0.717) is 12.6 Å². The number of hydrogen-bond donors (Lipinski definition) is 2. The van der Waals surface area contributed by atoms with Gasteiger partial charge in [0, 0.05) is 17.1 Å². The van der Waals surface area contributed by atoms with Crippen LogP contribution >= 0.6 is 11.3 Å². The Bertz CT molecular complexity index is 611. The first-order chi connectivity index (χ1) is 10.3. The Balaban J connectivity index is 1.67. The molecule has 2 aromatic heterocycles. The number of carbonyl (C=O) groups excluding carboxylic acids is 1. The van der Waals surface area contributed by atoms with Crippen LogP contribution in [-0.2, 0) is 6.54 Å². The zero-order valence-electron chi connectivity index (χ0n) is 12.3. The zero-order chi connectivity index (χ0) is 14.7. The molecule has 0 radical (unpaired) electrons. The SMILES string of the molecule is Cc1ccsc1CNC(=O)c1cccn1C1CCNCC1. The van der Waals surface area contributed by atoms with E-state index in [9.17, 15) is 4.79 Å². The van der Waals surface area contributed by atoms with Gasteiger partial charge in [0.25, 0.3) is 5.91 Å². The normalized spacial score (nSPS) is 16.0. The molecule has 0 bridgehead atoms. The van der Waals surface area contributed by atoms with Crippen LogP contribution in [0.15, 0.2) is 29.8 Å². The van der Waals surface area contributed by atoms with E-state index in [1.807, 2.05) is 18.3 Å². The molecule has 0 aromatic carbocycles. The van der Waals surface area contributed by atoms with E-state index in [4.69, 9.17) is 0 Å². The van der Waals surface area contributed by atoms with Crippen molar-refractivity contribution < 1.29 is 4.79 Å². The molecule has 1 fully saturated rings. The van der Waals surface area contributed by atoms with Gasteiger partial charge in [0.2, 0.25) is 0 Å². The van der Waals surface area contributed by atoms with Crippen molar-refractivity contribution in [2.75, 3.05) is 13.1 Å². The number of nitrogens with zero attached hydrogens (tertiary/aromatic N) is 1. The minimum atomic E-state index is 0.0198. The van der Waals surface area contributed by atoms with Gasteiger partial charge in [-0.05, 0) is 62.0 Å². The lowest BCUT2D eigenvalue weighted by atomic mass is 10.1. The molecule has 3 heterocycles. The van der Waals surface area contributed by atoms with E-state index in [2.05, 4.69) is 33.6 Å². The van der Waals surface area contributed by atoms with Crippen LogP contribution in [0.1, 0.15) is 39.8 Å². The highest BCUT2D eigenvalue weighted by molar-refractivity contribution is 7.10. The van der Waals surface area contributed by atoms with Gasteiger partial charge in [-0.15, -0.1) is 11.3 Å². The number of hydrogen-bond acceptors (Lipinski definition) is 3. The molecule has 0 saturated carbocycles. The molecule has 2 aromatic rings. The third-order valence-corrected chi connectivity index (χ3v) is 5.11. The Morgan fingerprint density at radius 3 is 2.95 bits per heavy atom. The van der Waals surface area contributed by atoms with E-state index in [1.54, 1.807) is 11.3 Å². The molecule has 0 unspecified atom stereocenters. The summed E-state index contributed by atoms with van der Waals surface area (Å²) in [6.07, 6.45) is 4.19. The van der Waals surface area contributed by atoms with Crippen molar-refractivity contribution >= 4 is 17.2 Å². The minimum absolute atomic E-state index is 0.0198. The Kier molecular flexibility index (Phi) is 4.41. The molecule has 4 nitrogen and oxygen atoms in total. The molecule has 1 saturated heterocycles. The van der Waals surface area contributed by atoms with Crippen LogP contribution in [0.25, 0.3) is 0 Å². The largest absolute Gasteiger partial charge is 0.346 e. The fourth-order valence-corrected chi connectivity index (χ4v) is 3.67. The molecule has 0 atom stereocenters. The number of aryl methyl sites for hydroxylation is 1. The van der Waals surface area contributed by atoms with Crippen LogP contribution in [-0.4, -0.2) is 23.6 Å². The Labute approximate surface area is 129 Å². The second-order valence-corrected chi connectivity index (χ2v) is 6.49. The van der Waals surface area contributed by atoms with Gasteiger partial charge >= 0.3 is 0 Å². The molecule has 1 aliphatic heterocycles. The molecule has 5 heteroatoms. The summed E-state index contributed by atoms with van der Waals surface area (Å²) in [6, 6.07) is 6.40. The third kappa shape index (κ3) is 3.19. The summed E-state index contributed by atoms with van der Waals surface area (Å²) in [5.74, 6) is 0.0198. The summed E-state index contributed by atoms with van der Waals surface area (Å²) in [4.78, 5) is 13.7. The minimum Gasteiger partial charge on any atom is -0.346 e. The summed E-state index contributed by atoms with van der Waals surface area (Å²) in [5.41, 5.74) is 2.02. The molecule has 0 spiro atoms. The van der Waals surface area contributed by atoms with Crippen molar-refractivity contribution in [3.63, 3.8) is 0 Å². The highest BCUT2D eigenvalue weighted by atomic mass is 32.1. The maximum atomic E-state index is 12.4. The lowest BCUT2D eigenvalue weighted by molar-refractivity contribution is 0.0938.